The standard InChI is InChI=1S/C15H20N2O2/c1-15(2,3)9-16-13-8-14(18)17-12-6-5-10(19-4)7-11(12)13/h5-8H,9H2,1-4H3,(H2,16,17,18). The third kappa shape index (κ3) is 3.28. The van der Waals surface area contributed by atoms with E-state index in [4.69, 9.17) is 4.74 Å². The van der Waals surface area contributed by atoms with Crippen LogP contribution in [-0.4, -0.2) is 18.6 Å². The van der Waals surface area contributed by atoms with E-state index in [1.54, 1.807) is 13.2 Å². The Bertz CT molecular complexity index is 639. The molecule has 102 valence electrons. The summed E-state index contributed by atoms with van der Waals surface area (Å²) in [6.45, 7) is 7.24. The predicted molar refractivity (Wildman–Crippen MR) is 79.1 cm³/mol. The maximum absolute atomic E-state index is 11.7. The predicted octanol–water partition coefficient (Wildman–Crippen LogP) is 2.99. The third-order valence-corrected chi connectivity index (χ3v) is 2.86. The summed E-state index contributed by atoms with van der Waals surface area (Å²) in [5, 5.41) is 4.31. The highest BCUT2D eigenvalue weighted by Gasteiger charge is 2.11. The van der Waals surface area contributed by atoms with Crippen molar-refractivity contribution in [3.8, 4) is 5.75 Å². The van der Waals surface area contributed by atoms with Gasteiger partial charge in [0.25, 0.3) is 0 Å². The molecule has 0 saturated heterocycles. The van der Waals surface area contributed by atoms with Gasteiger partial charge in [0.1, 0.15) is 5.75 Å². The van der Waals surface area contributed by atoms with Gasteiger partial charge in [0, 0.05) is 23.7 Å². The van der Waals surface area contributed by atoms with Crippen LogP contribution in [0.25, 0.3) is 10.9 Å². The highest BCUT2D eigenvalue weighted by atomic mass is 16.5. The molecule has 0 aliphatic rings. The molecule has 2 aromatic rings. The first-order valence-corrected chi connectivity index (χ1v) is 6.34. The van der Waals surface area contributed by atoms with Crippen LogP contribution >= 0.6 is 0 Å². The van der Waals surface area contributed by atoms with E-state index < -0.39 is 0 Å². The van der Waals surface area contributed by atoms with Gasteiger partial charge < -0.3 is 15.0 Å². The zero-order chi connectivity index (χ0) is 14.0. The molecule has 0 radical (unpaired) electrons. The van der Waals surface area contributed by atoms with Crippen molar-refractivity contribution in [1.82, 2.24) is 4.98 Å². The summed E-state index contributed by atoms with van der Waals surface area (Å²) < 4.78 is 5.23. The maximum atomic E-state index is 11.7. The second-order valence-corrected chi connectivity index (χ2v) is 5.87. The number of fused-ring (bicyclic) bond motifs is 1. The van der Waals surface area contributed by atoms with Gasteiger partial charge in [0.05, 0.1) is 12.6 Å². The Kier molecular flexibility index (Phi) is 3.51. The number of hydrogen-bond acceptors (Lipinski definition) is 3. The Morgan fingerprint density at radius 3 is 2.63 bits per heavy atom. The minimum atomic E-state index is -0.103. The molecule has 1 aromatic carbocycles. The van der Waals surface area contributed by atoms with Gasteiger partial charge in [-0.15, -0.1) is 0 Å². The molecule has 19 heavy (non-hydrogen) atoms. The molecule has 4 heteroatoms. The van der Waals surface area contributed by atoms with Crippen LogP contribution in [0.2, 0.25) is 0 Å². The van der Waals surface area contributed by atoms with E-state index in [1.807, 2.05) is 18.2 Å². The van der Waals surface area contributed by atoms with Crippen molar-refractivity contribution in [2.75, 3.05) is 19.0 Å². The van der Waals surface area contributed by atoms with Gasteiger partial charge in [-0.2, -0.15) is 0 Å². The first kappa shape index (κ1) is 13.5. The quantitative estimate of drug-likeness (QED) is 0.892. The molecule has 4 nitrogen and oxygen atoms in total. The maximum Gasteiger partial charge on any atom is 0.250 e. The van der Waals surface area contributed by atoms with Crippen molar-refractivity contribution in [3.63, 3.8) is 0 Å². The highest BCUT2D eigenvalue weighted by Crippen LogP contribution is 2.25. The van der Waals surface area contributed by atoms with E-state index in [1.165, 1.54) is 0 Å². The second-order valence-electron chi connectivity index (χ2n) is 5.87. The Morgan fingerprint density at radius 1 is 1.26 bits per heavy atom. The minimum Gasteiger partial charge on any atom is -0.497 e. The van der Waals surface area contributed by atoms with Gasteiger partial charge in [0.15, 0.2) is 0 Å². The fraction of sp³-hybridized carbons (Fsp3) is 0.400. The molecular formula is C15H20N2O2. The lowest BCUT2D eigenvalue weighted by atomic mass is 9.97. The van der Waals surface area contributed by atoms with Crippen molar-refractivity contribution in [2.45, 2.75) is 20.8 Å². The minimum absolute atomic E-state index is 0.103. The average Bonchev–Trinajstić information content (AvgIpc) is 2.34. The number of benzene rings is 1. The van der Waals surface area contributed by atoms with E-state index in [2.05, 4.69) is 31.1 Å². The molecular weight excluding hydrogens is 240 g/mol. The first-order chi connectivity index (χ1) is 8.89. The molecule has 1 heterocycles. The molecule has 0 fully saturated rings. The van der Waals surface area contributed by atoms with Crippen LogP contribution < -0.4 is 15.6 Å². The molecule has 0 saturated carbocycles. The SMILES string of the molecule is COc1ccc2[nH]c(=O)cc(NCC(C)(C)C)c2c1. The number of nitrogens with one attached hydrogen (secondary N) is 2. The molecule has 0 unspecified atom stereocenters. The zero-order valence-electron chi connectivity index (χ0n) is 11.8. The lowest BCUT2D eigenvalue weighted by Gasteiger charge is -2.20. The molecule has 0 spiro atoms. The number of ether oxygens (including phenoxy) is 1. The summed E-state index contributed by atoms with van der Waals surface area (Å²) in [6, 6.07) is 7.22. The van der Waals surface area contributed by atoms with Crippen LogP contribution in [0.3, 0.4) is 0 Å². The van der Waals surface area contributed by atoms with E-state index in [0.717, 1.165) is 28.9 Å². The third-order valence-electron chi connectivity index (χ3n) is 2.86. The number of H-pyrrole nitrogens is 1. The number of pyridine rings is 1. The van der Waals surface area contributed by atoms with Crippen LogP contribution in [0.15, 0.2) is 29.1 Å². The Morgan fingerprint density at radius 2 is 2.00 bits per heavy atom. The molecule has 0 bridgehead atoms. The molecule has 0 aliphatic carbocycles. The summed E-state index contributed by atoms with van der Waals surface area (Å²) in [6.07, 6.45) is 0. The van der Waals surface area contributed by atoms with Gasteiger partial charge in [-0.25, -0.2) is 0 Å². The summed E-state index contributed by atoms with van der Waals surface area (Å²) in [5.41, 5.74) is 1.69. The van der Waals surface area contributed by atoms with Gasteiger partial charge in [-0.3, -0.25) is 4.79 Å². The molecule has 1 aromatic heterocycles. The largest absolute Gasteiger partial charge is 0.497 e. The first-order valence-electron chi connectivity index (χ1n) is 6.34. The van der Waals surface area contributed by atoms with Crippen LogP contribution in [0, 0.1) is 5.41 Å². The van der Waals surface area contributed by atoms with E-state index >= 15 is 0 Å². The number of aromatic amines is 1. The highest BCUT2D eigenvalue weighted by molar-refractivity contribution is 5.92. The molecule has 0 aliphatic heterocycles. The van der Waals surface area contributed by atoms with Crippen molar-refractivity contribution in [3.05, 3.63) is 34.6 Å². The van der Waals surface area contributed by atoms with Gasteiger partial charge >= 0.3 is 0 Å². The number of methoxy groups -OCH3 is 1. The molecule has 2 N–H and O–H groups in total. The van der Waals surface area contributed by atoms with Gasteiger partial charge in [-0.05, 0) is 23.6 Å². The van der Waals surface area contributed by atoms with Crippen LogP contribution in [0.5, 0.6) is 5.75 Å². The van der Waals surface area contributed by atoms with Crippen LogP contribution in [-0.2, 0) is 0 Å². The fourth-order valence-electron chi connectivity index (χ4n) is 1.87. The monoisotopic (exact) mass is 260 g/mol. The van der Waals surface area contributed by atoms with Crippen LogP contribution in [0.4, 0.5) is 5.69 Å². The molecule has 0 amide bonds. The molecule has 2 rings (SSSR count). The summed E-state index contributed by atoms with van der Waals surface area (Å²) >= 11 is 0. The lowest BCUT2D eigenvalue weighted by molar-refractivity contribution is 0.415. The Balaban J connectivity index is 2.48. The topological polar surface area (TPSA) is 54.1 Å². The Hall–Kier alpha value is -1.97. The smallest absolute Gasteiger partial charge is 0.250 e. The van der Waals surface area contributed by atoms with Crippen molar-refractivity contribution in [1.29, 1.82) is 0 Å². The van der Waals surface area contributed by atoms with Crippen LogP contribution in [0.1, 0.15) is 20.8 Å². The average molecular weight is 260 g/mol. The van der Waals surface area contributed by atoms with E-state index in [-0.39, 0.29) is 11.0 Å². The van der Waals surface area contributed by atoms with Gasteiger partial charge in [0.2, 0.25) is 5.56 Å². The Labute approximate surface area is 112 Å². The summed E-state index contributed by atoms with van der Waals surface area (Å²) in [7, 11) is 1.63. The van der Waals surface area contributed by atoms with Gasteiger partial charge in [-0.1, -0.05) is 20.8 Å². The van der Waals surface area contributed by atoms with E-state index in [0.29, 0.717) is 0 Å². The van der Waals surface area contributed by atoms with Crippen molar-refractivity contribution < 1.29 is 4.74 Å². The zero-order valence-corrected chi connectivity index (χ0v) is 11.8. The van der Waals surface area contributed by atoms with Crippen molar-refractivity contribution in [2.24, 2.45) is 5.41 Å². The number of hydrogen-bond donors (Lipinski definition) is 2. The number of anilines is 1. The fourth-order valence-corrected chi connectivity index (χ4v) is 1.87. The normalized spacial score (nSPS) is 11.6. The molecule has 0 atom stereocenters. The number of aromatic nitrogens is 1. The van der Waals surface area contributed by atoms with Crippen molar-refractivity contribution >= 4 is 16.6 Å². The summed E-state index contributed by atoms with van der Waals surface area (Å²) in [5.74, 6) is 0.776. The second kappa shape index (κ2) is 4.96. The lowest BCUT2D eigenvalue weighted by Crippen LogP contribution is -2.20. The number of rotatable bonds is 3. The summed E-state index contributed by atoms with van der Waals surface area (Å²) in [4.78, 5) is 14.5. The van der Waals surface area contributed by atoms with E-state index in [9.17, 15) is 4.79 Å².